The summed E-state index contributed by atoms with van der Waals surface area (Å²) in [4.78, 5) is 32.7. The van der Waals surface area contributed by atoms with Gasteiger partial charge in [0.05, 0.1) is 12.2 Å². The molecule has 1 aliphatic heterocycles. The molecule has 8 nitrogen and oxygen atoms in total. The van der Waals surface area contributed by atoms with E-state index in [0.717, 1.165) is 5.13 Å². The summed E-state index contributed by atoms with van der Waals surface area (Å²) in [6.07, 6.45) is 1.48. The molecular formula is C17H17FN6O2S. The number of aromatic nitrogens is 3. The molecule has 0 unspecified atom stereocenters. The lowest BCUT2D eigenvalue weighted by Crippen LogP contribution is -2.48. The number of halogens is 1. The molecule has 3 heterocycles. The molecule has 0 aliphatic carbocycles. The van der Waals surface area contributed by atoms with E-state index in [9.17, 15) is 14.0 Å². The van der Waals surface area contributed by atoms with E-state index in [1.54, 1.807) is 12.1 Å². The minimum Gasteiger partial charge on any atom is -0.344 e. The molecule has 0 atom stereocenters. The molecule has 0 spiro atoms. The molecule has 1 aliphatic rings. The first-order valence-corrected chi connectivity index (χ1v) is 9.28. The predicted molar refractivity (Wildman–Crippen MR) is 101 cm³/mol. The Morgan fingerprint density at radius 3 is 2.70 bits per heavy atom. The van der Waals surface area contributed by atoms with Gasteiger partial charge in [-0.3, -0.25) is 14.5 Å². The summed E-state index contributed by atoms with van der Waals surface area (Å²) in [5, 5.41) is 7.67. The Hall–Kier alpha value is -2.85. The number of nitrogens with zero attached hydrogens (tertiary/aromatic N) is 5. The zero-order valence-electron chi connectivity index (χ0n) is 14.3. The van der Waals surface area contributed by atoms with Crippen LogP contribution in [0.4, 0.5) is 15.2 Å². The van der Waals surface area contributed by atoms with Gasteiger partial charge in [-0.2, -0.15) is 4.52 Å². The number of hydrogen-bond acceptors (Lipinski definition) is 7. The van der Waals surface area contributed by atoms with E-state index in [1.807, 2.05) is 4.90 Å². The van der Waals surface area contributed by atoms with Gasteiger partial charge in [-0.05, 0) is 12.1 Å². The van der Waals surface area contributed by atoms with Gasteiger partial charge >= 0.3 is 0 Å². The van der Waals surface area contributed by atoms with Gasteiger partial charge in [0.1, 0.15) is 5.82 Å². The van der Waals surface area contributed by atoms with Crippen molar-refractivity contribution in [3.8, 4) is 0 Å². The lowest BCUT2D eigenvalue weighted by atomic mass is 10.3. The number of rotatable bonds is 4. The third-order valence-corrected chi connectivity index (χ3v) is 5.30. The van der Waals surface area contributed by atoms with Crippen molar-refractivity contribution in [2.24, 2.45) is 0 Å². The fourth-order valence-corrected chi connectivity index (χ4v) is 3.84. The average Bonchev–Trinajstić information content (AvgIpc) is 3.10. The molecule has 4 rings (SSSR count). The summed E-state index contributed by atoms with van der Waals surface area (Å²) in [6.45, 7) is 2.90. The van der Waals surface area contributed by atoms with Crippen LogP contribution in [0, 0.1) is 5.82 Å². The van der Waals surface area contributed by atoms with Crippen LogP contribution in [0.25, 0.3) is 4.96 Å². The fraction of sp³-hybridized carbons (Fsp3) is 0.294. The van der Waals surface area contributed by atoms with Crippen LogP contribution in [0.2, 0.25) is 0 Å². The van der Waals surface area contributed by atoms with E-state index in [1.165, 1.54) is 40.2 Å². The van der Waals surface area contributed by atoms with Crippen LogP contribution >= 0.6 is 11.3 Å². The summed E-state index contributed by atoms with van der Waals surface area (Å²) in [7, 11) is 0. The summed E-state index contributed by atoms with van der Waals surface area (Å²) in [5.41, 5.74) is -0.0143. The Morgan fingerprint density at radius 1 is 1.19 bits per heavy atom. The van der Waals surface area contributed by atoms with E-state index < -0.39 is 5.82 Å². The van der Waals surface area contributed by atoms with Crippen LogP contribution in [0.3, 0.4) is 0 Å². The van der Waals surface area contributed by atoms with Crippen LogP contribution in [0.5, 0.6) is 0 Å². The van der Waals surface area contributed by atoms with Gasteiger partial charge in [0.25, 0.3) is 5.56 Å². The number of carbonyl (C=O) groups is 1. The molecule has 1 amide bonds. The second kappa shape index (κ2) is 7.41. The molecule has 1 aromatic carbocycles. The van der Waals surface area contributed by atoms with Gasteiger partial charge in [-0.15, -0.1) is 5.10 Å². The third kappa shape index (κ3) is 3.81. The summed E-state index contributed by atoms with van der Waals surface area (Å²) >= 11 is 1.36. The van der Waals surface area contributed by atoms with Crippen LogP contribution in [0.15, 0.2) is 41.3 Å². The molecule has 1 N–H and O–H groups in total. The molecule has 10 heteroatoms. The SMILES string of the molecule is O=C(CN1CCN(c2nn3c(=O)ccnc3s2)CC1)Nc1ccccc1F. The zero-order valence-corrected chi connectivity index (χ0v) is 15.2. The van der Waals surface area contributed by atoms with Crippen molar-refractivity contribution in [3.05, 3.63) is 52.7 Å². The number of benzene rings is 1. The van der Waals surface area contributed by atoms with Crippen molar-refractivity contribution in [2.75, 3.05) is 42.9 Å². The van der Waals surface area contributed by atoms with E-state index in [4.69, 9.17) is 0 Å². The highest BCUT2D eigenvalue weighted by atomic mass is 32.1. The fourth-order valence-electron chi connectivity index (χ4n) is 2.91. The molecule has 1 fully saturated rings. The van der Waals surface area contributed by atoms with Crippen LogP contribution in [-0.2, 0) is 4.79 Å². The highest BCUT2D eigenvalue weighted by Gasteiger charge is 2.22. The van der Waals surface area contributed by atoms with Crippen molar-refractivity contribution in [1.29, 1.82) is 0 Å². The average molecular weight is 388 g/mol. The molecule has 0 bridgehead atoms. The van der Waals surface area contributed by atoms with Crippen molar-refractivity contribution >= 4 is 33.0 Å². The maximum absolute atomic E-state index is 13.6. The van der Waals surface area contributed by atoms with Crippen molar-refractivity contribution in [1.82, 2.24) is 19.5 Å². The van der Waals surface area contributed by atoms with Gasteiger partial charge in [0, 0.05) is 38.4 Å². The third-order valence-electron chi connectivity index (χ3n) is 4.32. The highest BCUT2D eigenvalue weighted by Crippen LogP contribution is 2.22. The normalized spacial score (nSPS) is 15.2. The molecule has 1 saturated heterocycles. The number of piperazine rings is 1. The molecular weight excluding hydrogens is 371 g/mol. The summed E-state index contributed by atoms with van der Waals surface area (Å²) < 4.78 is 14.9. The predicted octanol–water partition coefficient (Wildman–Crippen LogP) is 1.05. The molecule has 140 valence electrons. The molecule has 2 aromatic heterocycles. The van der Waals surface area contributed by atoms with Crippen LogP contribution < -0.4 is 15.8 Å². The Morgan fingerprint density at radius 2 is 1.96 bits per heavy atom. The van der Waals surface area contributed by atoms with Gasteiger partial charge in [-0.1, -0.05) is 23.5 Å². The van der Waals surface area contributed by atoms with Crippen molar-refractivity contribution in [2.45, 2.75) is 0 Å². The van der Waals surface area contributed by atoms with E-state index in [2.05, 4.69) is 20.3 Å². The van der Waals surface area contributed by atoms with Gasteiger partial charge in [0.15, 0.2) is 0 Å². The second-order valence-electron chi connectivity index (χ2n) is 6.15. The number of carbonyl (C=O) groups excluding carboxylic acids is 1. The first-order valence-electron chi connectivity index (χ1n) is 8.47. The standard InChI is InChI=1S/C17H17FN6O2S/c18-12-3-1-2-4-13(12)20-14(25)11-22-7-9-23(10-8-22)17-21-24-15(26)5-6-19-16(24)27-17/h1-6H,7-11H2,(H,20,25). The van der Waals surface area contributed by atoms with E-state index in [-0.39, 0.29) is 23.7 Å². The number of nitrogens with one attached hydrogen (secondary N) is 1. The summed E-state index contributed by atoms with van der Waals surface area (Å²) in [5.74, 6) is -0.695. The first-order chi connectivity index (χ1) is 13.1. The monoisotopic (exact) mass is 388 g/mol. The number of amides is 1. The molecule has 27 heavy (non-hydrogen) atoms. The summed E-state index contributed by atoms with van der Waals surface area (Å²) in [6, 6.07) is 7.48. The largest absolute Gasteiger partial charge is 0.344 e. The topological polar surface area (TPSA) is 82.8 Å². The lowest BCUT2D eigenvalue weighted by molar-refractivity contribution is -0.117. The van der Waals surface area contributed by atoms with Gasteiger partial charge in [0.2, 0.25) is 16.0 Å². The minimum atomic E-state index is -0.449. The Labute approximate surface area is 157 Å². The number of fused-ring (bicyclic) bond motifs is 1. The van der Waals surface area contributed by atoms with Crippen LogP contribution in [0.1, 0.15) is 0 Å². The molecule has 3 aromatic rings. The lowest BCUT2D eigenvalue weighted by Gasteiger charge is -2.33. The smallest absolute Gasteiger partial charge is 0.275 e. The van der Waals surface area contributed by atoms with Gasteiger partial charge < -0.3 is 10.2 Å². The van der Waals surface area contributed by atoms with Gasteiger partial charge in [-0.25, -0.2) is 9.37 Å². The van der Waals surface area contributed by atoms with Crippen molar-refractivity contribution < 1.29 is 9.18 Å². The first kappa shape index (κ1) is 17.6. The van der Waals surface area contributed by atoms with Crippen LogP contribution in [-0.4, -0.2) is 58.1 Å². The Balaban J connectivity index is 1.34. The quantitative estimate of drug-likeness (QED) is 0.720. The van der Waals surface area contributed by atoms with Crippen molar-refractivity contribution in [3.63, 3.8) is 0 Å². The Bertz CT molecular complexity index is 1030. The molecule has 0 radical (unpaired) electrons. The second-order valence-corrected chi connectivity index (χ2v) is 7.09. The maximum Gasteiger partial charge on any atom is 0.275 e. The van der Waals surface area contributed by atoms with E-state index >= 15 is 0 Å². The minimum absolute atomic E-state index is 0.188. The zero-order chi connectivity index (χ0) is 18.8. The number of hydrogen-bond donors (Lipinski definition) is 1. The number of anilines is 2. The van der Waals surface area contributed by atoms with E-state index in [0.29, 0.717) is 31.1 Å². The number of para-hydroxylation sites is 1. The Kier molecular flexibility index (Phi) is 4.82. The highest BCUT2D eigenvalue weighted by molar-refractivity contribution is 7.20. The molecule has 0 saturated carbocycles. The maximum atomic E-state index is 13.6.